The second-order valence-corrected chi connectivity index (χ2v) is 4.30. The molecule has 0 aliphatic rings. The normalized spacial score (nSPS) is 11.4. The predicted octanol–water partition coefficient (Wildman–Crippen LogP) is 1.18. The van der Waals surface area contributed by atoms with Crippen molar-refractivity contribution in [1.82, 2.24) is 4.90 Å². The summed E-state index contributed by atoms with van der Waals surface area (Å²) in [4.78, 5) is 12.6. The SMILES string of the molecule is NCCc1cccc(C(=O)N(CCO)CC(F)(F)F)c1. The molecule has 0 radical (unpaired) electrons. The molecule has 20 heavy (non-hydrogen) atoms. The van der Waals surface area contributed by atoms with Crippen LogP contribution in [0.25, 0.3) is 0 Å². The fraction of sp³-hybridized carbons (Fsp3) is 0.462. The minimum Gasteiger partial charge on any atom is -0.395 e. The number of carbonyl (C=O) groups is 1. The fourth-order valence-electron chi connectivity index (χ4n) is 1.80. The Morgan fingerprint density at radius 3 is 2.60 bits per heavy atom. The number of amides is 1. The van der Waals surface area contributed by atoms with Crippen LogP contribution in [0.3, 0.4) is 0 Å². The van der Waals surface area contributed by atoms with Crippen LogP contribution in [-0.2, 0) is 6.42 Å². The molecule has 0 aromatic heterocycles. The van der Waals surface area contributed by atoms with Crippen LogP contribution in [0, 0.1) is 0 Å². The molecule has 1 rings (SSSR count). The third-order valence-electron chi connectivity index (χ3n) is 2.63. The van der Waals surface area contributed by atoms with Crippen molar-refractivity contribution in [1.29, 1.82) is 0 Å². The zero-order chi connectivity index (χ0) is 15.2. The number of benzene rings is 1. The fourth-order valence-corrected chi connectivity index (χ4v) is 1.80. The number of carbonyl (C=O) groups excluding carboxylic acids is 1. The lowest BCUT2D eigenvalue weighted by atomic mass is 10.1. The molecule has 0 atom stereocenters. The van der Waals surface area contributed by atoms with Gasteiger partial charge in [-0.15, -0.1) is 0 Å². The molecule has 4 nitrogen and oxygen atoms in total. The van der Waals surface area contributed by atoms with Crippen molar-refractivity contribution in [3.63, 3.8) is 0 Å². The molecule has 0 aliphatic heterocycles. The second-order valence-electron chi connectivity index (χ2n) is 4.30. The number of aliphatic hydroxyl groups excluding tert-OH is 1. The maximum atomic E-state index is 12.4. The average Bonchev–Trinajstić information content (AvgIpc) is 2.36. The van der Waals surface area contributed by atoms with E-state index < -0.39 is 25.2 Å². The third-order valence-corrected chi connectivity index (χ3v) is 2.63. The Morgan fingerprint density at radius 2 is 2.05 bits per heavy atom. The maximum Gasteiger partial charge on any atom is 0.406 e. The lowest BCUT2D eigenvalue weighted by Gasteiger charge is -2.23. The monoisotopic (exact) mass is 290 g/mol. The van der Waals surface area contributed by atoms with Crippen LogP contribution in [0.2, 0.25) is 0 Å². The minimum atomic E-state index is -4.50. The minimum absolute atomic E-state index is 0.161. The summed E-state index contributed by atoms with van der Waals surface area (Å²) in [5, 5.41) is 8.79. The van der Waals surface area contributed by atoms with Crippen molar-refractivity contribution in [2.75, 3.05) is 26.2 Å². The van der Waals surface area contributed by atoms with Gasteiger partial charge >= 0.3 is 6.18 Å². The van der Waals surface area contributed by atoms with Gasteiger partial charge in [-0.05, 0) is 30.7 Å². The van der Waals surface area contributed by atoms with E-state index in [2.05, 4.69) is 0 Å². The van der Waals surface area contributed by atoms with Crippen molar-refractivity contribution in [2.24, 2.45) is 5.73 Å². The molecule has 0 bridgehead atoms. The molecule has 1 amide bonds. The first-order valence-electron chi connectivity index (χ1n) is 6.13. The highest BCUT2D eigenvalue weighted by Crippen LogP contribution is 2.18. The molecule has 0 saturated carbocycles. The van der Waals surface area contributed by atoms with Gasteiger partial charge in [0.1, 0.15) is 6.54 Å². The van der Waals surface area contributed by atoms with Gasteiger partial charge in [0.2, 0.25) is 0 Å². The molecule has 0 fully saturated rings. The van der Waals surface area contributed by atoms with Crippen molar-refractivity contribution < 1.29 is 23.1 Å². The van der Waals surface area contributed by atoms with Crippen LogP contribution in [-0.4, -0.2) is 48.3 Å². The van der Waals surface area contributed by atoms with Gasteiger partial charge in [0.25, 0.3) is 5.91 Å². The van der Waals surface area contributed by atoms with E-state index in [0.717, 1.165) is 5.56 Å². The molecule has 1 aromatic carbocycles. The molecule has 0 aliphatic carbocycles. The Bertz CT molecular complexity index is 449. The molecule has 0 unspecified atom stereocenters. The van der Waals surface area contributed by atoms with Crippen LogP contribution in [0.5, 0.6) is 0 Å². The van der Waals surface area contributed by atoms with E-state index in [1.54, 1.807) is 12.1 Å². The van der Waals surface area contributed by atoms with Gasteiger partial charge in [-0.3, -0.25) is 4.79 Å². The quantitative estimate of drug-likeness (QED) is 0.827. The Hall–Kier alpha value is -1.60. The lowest BCUT2D eigenvalue weighted by Crippen LogP contribution is -2.40. The Labute approximate surface area is 115 Å². The van der Waals surface area contributed by atoms with Crippen LogP contribution >= 0.6 is 0 Å². The van der Waals surface area contributed by atoms with Crippen molar-refractivity contribution in [3.8, 4) is 0 Å². The molecule has 112 valence electrons. The third kappa shape index (κ3) is 5.18. The van der Waals surface area contributed by atoms with Gasteiger partial charge < -0.3 is 15.7 Å². The molecule has 0 saturated heterocycles. The topological polar surface area (TPSA) is 66.6 Å². The van der Waals surface area contributed by atoms with Crippen molar-refractivity contribution in [2.45, 2.75) is 12.6 Å². The Morgan fingerprint density at radius 1 is 1.35 bits per heavy atom. The smallest absolute Gasteiger partial charge is 0.395 e. The summed E-state index contributed by atoms with van der Waals surface area (Å²) in [7, 11) is 0. The van der Waals surface area contributed by atoms with Gasteiger partial charge in [0, 0.05) is 12.1 Å². The second kappa shape index (κ2) is 7.25. The molecule has 7 heteroatoms. The van der Waals surface area contributed by atoms with E-state index in [-0.39, 0.29) is 12.1 Å². The van der Waals surface area contributed by atoms with Crippen LogP contribution in [0.1, 0.15) is 15.9 Å². The first-order chi connectivity index (χ1) is 9.37. The van der Waals surface area contributed by atoms with E-state index in [0.29, 0.717) is 17.9 Å². The van der Waals surface area contributed by atoms with Gasteiger partial charge in [0.15, 0.2) is 0 Å². The van der Waals surface area contributed by atoms with E-state index in [1.165, 1.54) is 12.1 Å². The van der Waals surface area contributed by atoms with Gasteiger partial charge in [-0.2, -0.15) is 13.2 Å². The van der Waals surface area contributed by atoms with Crippen molar-refractivity contribution in [3.05, 3.63) is 35.4 Å². The molecule has 3 N–H and O–H groups in total. The van der Waals surface area contributed by atoms with Crippen LogP contribution in [0.4, 0.5) is 13.2 Å². The maximum absolute atomic E-state index is 12.4. The first kappa shape index (κ1) is 16.5. The van der Waals surface area contributed by atoms with E-state index in [9.17, 15) is 18.0 Å². The van der Waals surface area contributed by atoms with E-state index in [4.69, 9.17) is 10.8 Å². The summed E-state index contributed by atoms with van der Waals surface area (Å²) < 4.78 is 37.2. The predicted molar refractivity (Wildman–Crippen MR) is 68.2 cm³/mol. The zero-order valence-electron chi connectivity index (χ0n) is 10.9. The largest absolute Gasteiger partial charge is 0.406 e. The highest BCUT2D eigenvalue weighted by molar-refractivity contribution is 5.94. The highest BCUT2D eigenvalue weighted by atomic mass is 19.4. The molecule has 0 spiro atoms. The number of alkyl halides is 3. The standard InChI is InChI=1S/C13H17F3N2O2/c14-13(15,16)9-18(6-7-19)12(20)11-3-1-2-10(8-11)4-5-17/h1-3,8,19H,4-7,9,17H2. The van der Waals surface area contributed by atoms with Gasteiger partial charge in [0.05, 0.1) is 6.61 Å². The van der Waals surface area contributed by atoms with Gasteiger partial charge in [-0.1, -0.05) is 12.1 Å². The first-order valence-corrected chi connectivity index (χ1v) is 6.13. The summed E-state index contributed by atoms with van der Waals surface area (Å²) in [6, 6.07) is 6.33. The van der Waals surface area contributed by atoms with Gasteiger partial charge in [-0.25, -0.2) is 0 Å². The van der Waals surface area contributed by atoms with Crippen LogP contribution in [0.15, 0.2) is 24.3 Å². The zero-order valence-corrected chi connectivity index (χ0v) is 10.9. The van der Waals surface area contributed by atoms with Crippen molar-refractivity contribution >= 4 is 5.91 Å². The number of nitrogens with zero attached hydrogens (tertiary/aromatic N) is 1. The number of hydrogen-bond acceptors (Lipinski definition) is 3. The van der Waals surface area contributed by atoms with E-state index in [1.807, 2.05) is 0 Å². The van der Waals surface area contributed by atoms with E-state index >= 15 is 0 Å². The number of rotatable bonds is 6. The molecule has 0 heterocycles. The van der Waals surface area contributed by atoms with Crippen LogP contribution < -0.4 is 5.73 Å². The lowest BCUT2D eigenvalue weighted by molar-refractivity contribution is -0.141. The summed E-state index contributed by atoms with van der Waals surface area (Å²) in [5.74, 6) is -0.754. The Kier molecular flexibility index (Phi) is 5.97. The highest BCUT2D eigenvalue weighted by Gasteiger charge is 2.33. The molecular weight excluding hydrogens is 273 g/mol. The molecular formula is C13H17F3N2O2. The summed E-state index contributed by atoms with van der Waals surface area (Å²) >= 11 is 0. The average molecular weight is 290 g/mol. The summed E-state index contributed by atoms with van der Waals surface area (Å²) in [6.07, 6.45) is -3.96. The number of halogens is 3. The number of nitrogens with two attached hydrogens (primary N) is 1. The summed E-state index contributed by atoms with van der Waals surface area (Å²) in [5.41, 5.74) is 6.35. The Balaban J connectivity index is 2.91. The number of aliphatic hydroxyl groups is 1. The summed E-state index contributed by atoms with van der Waals surface area (Å²) in [6.45, 7) is -1.88. The molecule has 1 aromatic rings. The number of hydrogen-bond donors (Lipinski definition) is 2.